The first kappa shape index (κ1) is 15.6. The van der Waals surface area contributed by atoms with Gasteiger partial charge in [-0.2, -0.15) is 30.2 Å². The molecule has 1 unspecified atom stereocenters. The number of carbonyl (C=O) groups excluding carboxylic acids is 1. The molecule has 0 aliphatic carbocycles. The van der Waals surface area contributed by atoms with Gasteiger partial charge in [0.15, 0.2) is 0 Å². The normalized spacial score (nSPS) is 19.2. The molecule has 0 N–H and O–H groups in total. The van der Waals surface area contributed by atoms with Gasteiger partial charge >= 0.3 is 6.18 Å². The summed E-state index contributed by atoms with van der Waals surface area (Å²) in [5.74, 6) is -1.09. The smallest absolute Gasteiger partial charge is 0.321 e. The van der Waals surface area contributed by atoms with Crippen LogP contribution in [0.3, 0.4) is 0 Å². The Balaban J connectivity index is 2.34. The Morgan fingerprint density at radius 3 is 2.76 bits per heavy atom. The third-order valence-corrected chi connectivity index (χ3v) is 4.08. The van der Waals surface area contributed by atoms with Crippen LogP contribution in [0.2, 0.25) is 0 Å². The van der Waals surface area contributed by atoms with Crippen LogP contribution in [0.5, 0.6) is 0 Å². The Labute approximate surface area is 122 Å². The molecule has 1 aliphatic heterocycles. The van der Waals surface area contributed by atoms with Crippen LogP contribution in [0.4, 0.5) is 17.6 Å². The minimum atomic E-state index is -4.87. The van der Waals surface area contributed by atoms with Gasteiger partial charge in [-0.15, -0.1) is 0 Å². The van der Waals surface area contributed by atoms with Gasteiger partial charge in [0, 0.05) is 23.6 Å². The number of benzene rings is 1. The lowest BCUT2D eigenvalue weighted by molar-refractivity contribution is -0.140. The molecule has 1 aliphatic rings. The molecule has 1 heterocycles. The van der Waals surface area contributed by atoms with Crippen molar-refractivity contribution in [2.24, 2.45) is 0 Å². The Morgan fingerprint density at radius 1 is 1.43 bits per heavy atom. The van der Waals surface area contributed by atoms with Crippen LogP contribution in [0.25, 0.3) is 0 Å². The second kappa shape index (κ2) is 5.93. The molecule has 8 heteroatoms. The highest BCUT2D eigenvalue weighted by Crippen LogP contribution is 2.32. The van der Waals surface area contributed by atoms with Crippen LogP contribution in [-0.2, 0) is 6.18 Å². The lowest BCUT2D eigenvalue weighted by atomic mass is 10.1. The summed E-state index contributed by atoms with van der Waals surface area (Å²) in [5.41, 5.74) is -1.75. The molecule has 112 valence electrons. The molecule has 1 fully saturated rings. The summed E-state index contributed by atoms with van der Waals surface area (Å²) in [7, 11) is 0. The van der Waals surface area contributed by atoms with Crippen LogP contribution in [0, 0.1) is 17.1 Å². The molecule has 1 amide bonds. The maximum Gasteiger partial charge on any atom is 0.419 e. The molecule has 21 heavy (non-hydrogen) atoms. The fourth-order valence-electron chi connectivity index (χ4n) is 2.00. The Morgan fingerprint density at radius 2 is 2.14 bits per heavy atom. The Bertz CT molecular complexity index is 597. The number of amides is 1. The molecular formula is C13H10F4N2OS. The number of carbonyl (C=O) groups is 1. The topological polar surface area (TPSA) is 44.1 Å². The van der Waals surface area contributed by atoms with Gasteiger partial charge < -0.3 is 4.90 Å². The Hall–Kier alpha value is -1.75. The standard InChI is InChI=1S/C13H10F4N2OS/c14-11-2-1-8(5-10(11)13(15,16)17)12(20)19-3-4-21-7-9(19)6-18/h1-2,5,9H,3-4,7H2. The van der Waals surface area contributed by atoms with Gasteiger partial charge in [-0.1, -0.05) is 0 Å². The molecule has 0 spiro atoms. The lowest BCUT2D eigenvalue weighted by Crippen LogP contribution is -2.45. The van der Waals surface area contributed by atoms with Crippen molar-refractivity contribution in [3.63, 3.8) is 0 Å². The molecule has 0 bridgehead atoms. The highest BCUT2D eigenvalue weighted by Gasteiger charge is 2.36. The summed E-state index contributed by atoms with van der Waals surface area (Å²) in [6.45, 7) is 0.278. The fraction of sp³-hybridized carbons (Fsp3) is 0.385. The average molecular weight is 318 g/mol. The zero-order chi connectivity index (χ0) is 15.6. The van der Waals surface area contributed by atoms with Gasteiger partial charge in [-0.25, -0.2) is 4.39 Å². The number of rotatable bonds is 1. The number of thioether (sulfide) groups is 1. The summed E-state index contributed by atoms with van der Waals surface area (Å²) in [6, 6.07) is 3.38. The van der Waals surface area contributed by atoms with E-state index in [1.54, 1.807) is 0 Å². The van der Waals surface area contributed by atoms with Crippen molar-refractivity contribution in [1.82, 2.24) is 4.90 Å². The number of halogens is 4. The fourth-order valence-corrected chi connectivity index (χ4v) is 2.97. The molecule has 0 radical (unpaired) electrons. The summed E-state index contributed by atoms with van der Waals surface area (Å²) in [4.78, 5) is 13.5. The van der Waals surface area contributed by atoms with E-state index in [1.165, 1.54) is 16.7 Å². The Kier molecular flexibility index (Phi) is 4.42. The van der Waals surface area contributed by atoms with E-state index in [-0.39, 0.29) is 12.1 Å². The number of hydrogen-bond donors (Lipinski definition) is 0. The molecule has 1 atom stereocenters. The summed E-state index contributed by atoms with van der Waals surface area (Å²) < 4.78 is 51.2. The van der Waals surface area contributed by atoms with Crippen LogP contribution in [-0.4, -0.2) is 34.9 Å². The monoisotopic (exact) mass is 318 g/mol. The first-order chi connectivity index (χ1) is 9.84. The second-order valence-corrected chi connectivity index (χ2v) is 5.56. The van der Waals surface area contributed by atoms with Gasteiger partial charge in [-0.05, 0) is 18.2 Å². The van der Waals surface area contributed by atoms with Gasteiger partial charge in [0.2, 0.25) is 0 Å². The predicted molar refractivity (Wildman–Crippen MR) is 69.2 cm³/mol. The summed E-state index contributed by atoms with van der Waals surface area (Å²) in [6.07, 6.45) is -4.87. The second-order valence-electron chi connectivity index (χ2n) is 4.41. The third kappa shape index (κ3) is 3.29. The predicted octanol–water partition coefficient (Wildman–Crippen LogP) is 2.93. The molecule has 0 saturated carbocycles. The number of nitrogens with zero attached hydrogens (tertiary/aromatic N) is 2. The van der Waals surface area contributed by atoms with Gasteiger partial charge in [0.05, 0.1) is 11.6 Å². The van der Waals surface area contributed by atoms with Crippen LogP contribution in [0.15, 0.2) is 18.2 Å². The van der Waals surface area contributed by atoms with E-state index in [9.17, 15) is 22.4 Å². The van der Waals surface area contributed by atoms with E-state index in [2.05, 4.69) is 0 Å². The highest BCUT2D eigenvalue weighted by molar-refractivity contribution is 7.99. The van der Waals surface area contributed by atoms with E-state index < -0.39 is 29.5 Å². The SMILES string of the molecule is N#CC1CSCCN1C(=O)c1ccc(F)c(C(F)(F)F)c1. The molecule has 0 aromatic heterocycles. The van der Waals surface area contributed by atoms with Crippen LogP contribution < -0.4 is 0 Å². The molecule has 3 nitrogen and oxygen atoms in total. The van der Waals surface area contributed by atoms with Gasteiger partial charge in [0.25, 0.3) is 5.91 Å². The molecular weight excluding hydrogens is 308 g/mol. The lowest BCUT2D eigenvalue weighted by Gasteiger charge is -2.31. The van der Waals surface area contributed by atoms with Crippen LogP contribution in [0.1, 0.15) is 15.9 Å². The number of alkyl halides is 3. The van der Waals surface area contributed by atoms with Gasteiger partial charge in [-0.3, -0.25) is 4.79 Å². The molecule has 1 aromatic rings. The van der Waals surface area contributed by atoms with Crippen molar-refractivity contribution in [3.8, 4) is 6.07 Å². The summed E-state index contributed by atoms with van der Waals surface area (Å²) >= 11 is 1.50. The molecule has 2 rings (SSSR count). The van der Waals surface area contributed by atoms with Crippen molar-refractivity contribution >= 4 is 17.7 Å². The molecule has 1 saturated heterocycles. The largest absolute Gasteiger partial charge is 0.419 e. The van der Waals surface area contributed by atoms with E-state index in [0.29, 0.717) is 23.6 Å². The number of hydrogen-bond acceptors (Lipinski definition) is 3. The highest BCUT2D eigenvalue weighted by atomic mass is 32.2. The van der Waals surface area contributed by atoms with E-state index >= 15 is 0 Å². The van der Waals surface area contributed by atoms with Gasteiger partial charge in [0.1, 0.15) is 11.9 Å². The number of nitriles is 1. The van der Waals surface area contributed by atoms with E-state index in [4.69, 9.17) is 5.26 Å². The third-order valence-electron chi connectivity index (χ3n) is 3.06. The average Bonchev–Trinajstić information content (AvgIpc) is 2.45. The minimum Gasteiger partial charge on any atom is -0.321 e. The maximum absolute atomic E-state index is 13.2. The van der Waals surface area contributed by atoms with E-state index in [0.717, 1.165) is 6.07 Å². The zero-order valence-corrected chi connectivity index (χ0v) is 11.5. The minimum absolute atomic E-state index is 0.268. The first-order valence-corrected chi connectivity index (χ1v) is 7.15. The van der Waals surface area contributed by atoms with Crippen LogP contribution >= 0.6 is 11.8 Å². The molecule has 1 aromatic carbocycles. The zero-order valence-electron chi connectivity index (χ0n) is 10.7. The van der Waals surface area contributed by atoms with Crippen molar-refractivity contribution in [2.45, 2.75) is 12.2 Å². The van der Waals surface area contributed by atoms with Crippen molar-refractivity contribution in [1.29, 1.82) is 5.26 Å². The van der Waals surface area contributed by atoms with E-state index in [1.807, 2.05) is 6.07 Å². The first-order valence-electron chi connectivity index (χ1n) is 5.99. The van der Waals surface area contributed by atoms with Crippen molar-refractivity contribution in [3.05, 3.63) is 35.1 Å². The summed E-state index contributed by atoms with van der Waals surface area (Å²) in [5, 5.41) is 8.99. The maximum atomic E-state index is 13.2. The van der Waals surface area contributed by atoms with Crippen molar-refractivity contribution < 1.29 is 22.4 Å². The van der Waals surface area contributed by atoms with Crippen molar-refractivity contribution in [2.75, 3.05) is 18.1 Å². The quantitative estimate of drug-likeness (QED) is 0.748.